The van der Waals surface area contributed by atoms with Gasteiger partial charge in [-0.1, -0.05) is 35.9 Å². The number of methoxy groups -OCH3 is 1. The summed E-state index contributed by atoms with van der Waals surface area (Å²) in [6.45, 7) is 4.40. The largest absolute Gasteiger partial charge is 0.494 e. The van der Waals surface area contributed by atoms with Gasteiger partial charge in [-0.25, -0.2) is 4.39 Å². The molecule has 2 aromatic rings. The van der Waals surface area contributed by atoms with Crippen molar-refractivity contribution in [2.75, 3.05) is 13.7 Å². The Bertz CT molecular complexity index is 613. The molecular formula is C18H22FNO2. The van der Waals surface area contributed by atoms with Crippen LogP contribution in [0, 0.1) is 12.7 Å². The minimum Gasteiger partial charge on any atom is -0.494 e. The summed E-state index contributed by atoms with van der Waals surface area (Å²) in [6, 6.07) is 12.6. The van der Waals surface area contributed by atoms with Crippen LogP contribution in [0.3, 0.4) is 0 Å². The number of aliphatic hydroxyl groups excluding tert-OH is 1. The molecule has 2 unspecified atom stereocenters. The third kappa shape index (κ3) is 4.06. The average Bonchev–Trinajstić information content (AvgIpc) is 2.53. The third-order valence-electron chi connectivity index (χ3n) is 3.75. The van der Waals surface area contributed by atoms with Crippen LogP contribution in [0.1, 0.15) is 35.8 Å². The highest BCUT2D eigenvalue weighted by molar-refractivity contribution is 5.32. The van der Waals surface area contributed by atoms with Gasteiger partial charge in [0, 0.05) is 12.6 Å². The summed E-state index contributed by atoms with van der Waals surface area (Å²) in [5.74, 6) is -0.150. The summed E-state index contributed by atoms with van der Waals surface area (Å²) in [5, 5.41) is 13.5. The maximum atomic E-state index is 13.4. The number of ether oxygens (including phenoxy) is 1. The lowest BCUT2D eigenvalue weighted by Gasteiger charge is -2.18. The predicted octanol–water partition coefficient (Wildman–Crippen LogP) is 3.53. The standard InChI is InChI=1S/C18H22FNO2/c1-12-4-6-14(7-5-12)17(21)11-20-13(2)15-8-9-16(19)18(10-15)22-3/h4-10,13,17,20-21H,11H2,1-3H3. The summed E-state index contributed by atoms with van der Waals surface area (Å²) in [7, 11) is 1.45. The smallest absolute Gasteiger partial charge is 0.165 e. The second-order valence-corrected chi connectivity index (χ2v) is 5.45. The van der Waals surface area contributed by atoms with E-state index in [0.717, 1.165) is 16.7 Å². The Labute approximate surface area is 130 Å². The number of aliphatic hydroxyl groups is 1. The molecule has 0 aromatic heterocycles. The predicted molar refractivity (Wildman–Crippen MR) is 85.5 cm³/mol. The first-order valence-corrected chi connectivity index (χ1v) is 7.32. The van der Waals surface area contributed by atoms with Crippen molar-refractivity contribution in [3.8, 4) is 5.75 Å². The molecule has 2 rings (SSSR count). The van der Waals surface area contributed by atoms with Gasteiger partial charge >= 0.3 is 0 Å². The Morgan fingerprint density at radius 1 is 1.14 bits per heavy atom. The summed E-state index contributed by atoms with van der Waals surface area (Å²) in [6.07, 6.45) is -0.578. The second-order valence-electron chi connectivity index (χ2n) is 5.45. The normalized spacial score (nSPS) is 13.7. The van der Waals surface area contributed by atoms with Gasteiger partial charge in [0.05, 0.1) is 13.2 Å². The van der Waals surface area contributed by atoms with Gasteiger partial charge in [-0.15, -0.1) is 0 Å². The van der Waals surface area contributed by atoms with E-state index in [-0.39, 0.29) is 17.6 Å². The number of halogens is 1. The van der Waals surface area contributed by atoms with Crippen molar-refractivity contribution < 1.29 is 14.2 Å². The van der Waals surface area contributed by atoms with Gasteiger partial charge in [-0.2, -0.15) is 0 Å². The molecule has 0 aliphatic carbocycles. The van der Waals surface area contributed by atoms with Gasteiger partial charge in [-0.3, -0.25) is 0 Å². The first kappa shape index (κ1) is 16.5. The highest BCUT2D eigenvalue weighted by Crippen LogP contribution is 2.23. The van der Waals surface area contributed by atoms with Gasteiger partial charge in [0.15, 0.2) is 11.6 Å². The molecule has 2 atom stereocenters. The molecule has 0 aliphatic rings. The quantitative estimate of drug-likeness (QED) is 0.858. The minimum atomic E-state index is -0.578. The molecule has 118 valence electrons. The molecule has 0 saturated heterocycles. The maximum Gasteiger partial charge on any atom is 0.165 e. The Balaban J connectivity index is 1.97. The third-order valence-corrected chi connectivity index (χ3v) is 3.75. The topological polar surface area (TPSA) is 41.5 Å². The Kier molecular flexibility index (Phi) is 5.52. The summed E-state index contributed by atoms with van der Waals surface area (Å²) < 4.78 is 18.4. The van der Waals surface area contributed by atoms with Crippen molar-refractivity contribution in [1.82, 2.24) is 5.32 Å². The fourth-order valence-corrected chi connectivity index (χ4v) is 2.26. The molecular weight excluding hydrogens is 281 g/mol. The molecule has 2 N–H and O–H groups in total. The number of hydrogen-bond acceptors (Lipinski definition) is 3. The number of nitrogens with one attached hydrogen (secondary N) is 1. The maximum absolute atomic E-state index is 13.4. The molecule has 0 spiro atoms. The molecule has 0 amide bonds. The average molecular weight is 303 g/mol. The van der Waals surface area contributed by atoms with Crippen molar-refractivity contribution in [3.05, 3.63) is 65.0 Å². The van der Waals surface area contributed by atoms with Crippen LogP contribution in [0.2, 0.25) is 0 Å². The van der Waals surface area contributed by atoms with Crippen LogP contribution in [-0.2, 0) is 0 Å². The van der Waals surface area contributed by atoms with Gasteiger partial charge in [-0.05, 0) is 37.1 Å². The van der Waals surface area contributed by atoms with E-state index in [0.29, 0.717) is 6.54 Å². The van der Waals surface area contributed by atoms with E-state index in [9.17, 15) is 9.50 Å². The van der Waals surface area contributed by atoms with Crippen LogP contribution < -0.4 is 10.1 Å². The fraction of sp³-hybridized carbons (Fsp3) is 0.333. The van der Waals surface area contributed by atoms with Gasteiger partial charge < -0.3 is 15.2 Å². The van der Waals surface area contributed by atoms with Crippen LogP contribution >= 0.6 is 0 Å². The zero-order valence-electron chi connectivity index (χ0n) is 13.1. The lowest BCUT2D eigenvalue weighted by molar-refractivity contribution is 0.171. The van der Waals surface area contributed by atoms with E-state index in [1.54, 1.807) is 12.1 Å². The molecule has 0 radical (unpaired) electrons. The summed E-state index contributed by atoms with van der Waals surface area (Å²) in [4.78, 5) is 0. The van der Waals surface area contributed by atoms with Crippen LogP contribution in [0.5, 0.6) is 5.75 Å². The van der Waals surface area contributed by atoms with Crippen molar-refractivity contribution in [2.24, 2.45) is 0 Å². The van der Waals surface area contributed by atoms with Crippen molar-refractivity contribution in [2.45, 2.75) is 26.0 Å². The number of aryl methyl sites for hydroxylation is 1. The molecule has 22 heavy (non-hydrogen) atoms. The summed E-state index contributed by atoms with van der Waals surface area (Å²) in [5.41, 5.74) is 2.95. The molecule has 0 heterocycles. The van der Waals surface area contributed by atoms with E-state index in [2.05, 4.69) is 5.32 Å². The van der Waals surface area contributed by atoms with E-state index in [4.69, 9.17) is 4.74 Å². The van der Waals surface area contributed by atoms with Crippen molar-refractivity contribution >= 4 is 0 Å². The van der Waals surface area contributed by atoms with Crippen LogP contribution in [-0.4, -0.2) is 18.8 Å². The molecule has 3 nitrogen and oxygen atoms in total. The first-order valence-electron chi connectivity index (χ1n) is 7.32. The highest BCUT2D eigenvalue weighted by Gasteiger charge is 2.12. The van der Waals surface area contributed by atoms with Crippen molar-refractivity contribution in [1.29, 1.82) is 0 Å². The lowest BCUT2D eigenvalue weighted by atomic mass is 10.1. The zero-order valence-corrected chi connectivity index (χ0v) is 13.1. The molecule has 0 fully saturated rings. The van der Waals surface area contributed by atoms with E-state index < -0.39 is 6.10 Å². The molecule has 4 heteroatoms. The van der Waals surface area contributed by atoms with Crippen molar-refractivity contribution in [3.63, 3.8) is 0 Å². The number of hydrogen-bond donors (Lipinski definition) is 2. The summed E-state index contributed by atoms with van der Waals surface area (Å²) >= 11 is 0. The van der Waals surface area contributed by atoms with Gasteiger partial charge in [0.25, 0.3) is 0 Å². The molecule has 0 saturated carbocycles. The zero-order chi connectivity index (χ0) is 16.1. The molecule has 0 bridgehead atoms. The van der Waals surface area contributed by atoms with E-state index in [1.165, 1.54) is 13.2 Å². The first-order chi connectivity index (χ1) is 10.5. The van der Waals surface area contributed by atoms with Gasteiger partial charge in [0.2, 0.25) is 0 Å². The molecule has 0 aliphatic heterocycles. The Hall–Kier alpha value is -1.91. The van der Waals surface area contributed by atoms with Crippen LogP contribution in [0.4, 0.5) is 4.39 Å². The SMILES string of the molecule is COc1cc(C(C)NCC(O)c2ccc(C)cc2)ccc1F. The van der Waals surface area contributed by atoms with Gasteiger partial charge in [0.1, 0.15) is 0 Å². The Morgan fingerprint density at radius 2 is 1.77 bits per heavy atom. The monoisotopic (exact) mass is 303 g/mol. The highest BCUT2D eigenvalue weighted by atomic mass is 19.1. The van der Waals surface area contributed by atoms with E-state index in [1.807, 2.05) is 38.1 Å². The Morgan fingerprint density at radius 3 is 2.41 bits per heavy atom. The van der Waals surface area contributed by atoms with Crippen LogP contribution in [0.15, 0.2) is 42.5 Å². The van der Waals surface area contributed by atoms with Crippen LogP contribution in [0.25, 0.3) is 0 Å². The van der Waals surface area contributed by atoms with E-state index >= 15 is 0 Å². The minimum absolute atomic E-state index is 0.0189. The number of benzene rings is 2. The molecule has 2 aromatic carbocycles. The number of rotatable bonds is 6. The lowest BCUT2D eigenvalue weighted by Crippen LogP contribution is -2.24. The second kappa shape index (κ2) is 7.38. The fourth-order valence-electron chi connectivity index (χ4n) is 2.26.